The fourth-order valence-corrected chi connectivity index (χ4v) is 5.38. The average molecular weight is 431 g/mol. The Morgan fingerprint density at radius 3 is 2.54 bits per heavy atom. The van der Waals surface area contributed by atoms with E-state index < -0.39 is 0 Å². The lowest BCUT2D eigenvalue weighted by Gasteiger charge is -2.05. The van der Waals surface area contributed by atoms with Crippen LogP contribution in [0.25, 0.3) is 10.2 Å². The molecule has 0 aliphatic rings. The highest BCUT2D eigenvalue weighted by molar-refractivity contribution is 7.99. The lowest BCUT2D eigenvalue weighted by atomic mass is 10.1. The van der Waals surface area contributed by atoms with Gasteiger partial charge in [0.15, 0.2) is 4.80 Å². The van der Waals surface area contributed by atoms with Crippen molar-refractivity contribution < 1.29 is 4.79 Å². The standard InChI is InChI=1S/C22H26N2OS3/c1-15-5-7-18(8-6-15)27-11-9-20(25)23-22-24(10-12-26-4)19-14-16(2)13-17(3)21(19)28-22/h5-8,13-14H,9-12H2,1-4H3. The number of aryl methyl sites for hydroxylation is 4. The highest BCUT2D eigenvalue weighted by atomic mass is 32.2. The van der Waals surface area contributed by atoms with Gasteiger partial charge in [-0.1, -0.05) is 35.1 Å². The summed E-state index contributed by atoms with van der Waals surface area (Å²) in [4.78, 5) is 19.0. The molecule has 0 atom stereocenters. The zero-order valence-corrected chi connectivity index (χ0v) is 19.3. The van der Waals surface area contributed by atoms with Crippen molar-refractivity contribution in [1.29, 1.82) is 0 Å². The molecule has 0 saturated heterocycles. The number of carbonyl (C=O) groups is 1. The Bertz CT molecular complexity index is 1030. The molecule has 0 fully saturated rings. The van der Waals surface area contributed by atoms with Gasteiger partial charge in [0.25, 0.3) is 0 Å². The van der Waals surface area contributed by atoms with Gasteiger partial charge in [-0.3, -0.25) is 4.79 Å². The molecule has 3 rings (SSSR count). The maximum Gasteiger partial charge on any atom is 0.249 e. The molecule has 0 N–H and O–H groups in total. The molecule has 0 spiro atoms. The summed E-state index contributed by atoms with van der Waals surface area (Å²) < 4.78 is 3.44. The molecule has 148 valence electrons. The van der Waals surface area contributed by atoms with E-state index in [0.29, 0.717) is 6.42 Å². The van der Waals surface area contributed by atoms with Gasteiger partial charge in [0.2, 0.25) is 5.91 Å². The SMILES string of the molecule is CSCCn1c(=NC(=O)CCSc2ccc(C)cc2)sc2c(C)cc(C)cc21. The minimum Gasteiger partial charge on any atom is -0.315 e. The van der Waals surface area contributed by atoms with Crippen LogP contribution in [-0.2, 0) is 11.3 Å². The third kappa shape index (κ3) is 5.31. The number of amides is 1. The number of hydrogen-bond acceptors (Lipinski definition) is 4. The molecule has 1 heterocycles. The first-order valence-electron chi connectivity index (χ1n) is 9.34. The van der Waals surface area contributed by atoms with Crippen LogP contribution >= 0.6 is 34.9 Å². The largest absolute Gasteiger partial charge is 0.315 e. The van der Waals surface area contributed by atoms with Gasteiger partial charge in [-0.25, -0.2) is 0 Å². The van der Waals surface area contributed by atoms with Crippen LogP contribution in [0, 0.1) is 20.8 Å². The van der Waals surface area contributed by atoms with E-state index in [4.69, 9.17) is 0 Å². The van der Waals surface area contributed by atoms with Crippen LogP contribution in [0.1, 0.15) is 23.1 Å². The summed E-state index contributed by atoms with van der Waals surface area (Å²) in [6, 6.07) is 12.8. The summed E-state index contributed by atoms with van der Waals surface area (Å²) in [7, 11) is 0. The Morgan fingerprint density at radius 2 is 1.82 bits per heavy atom. The van der Waals surface area contributed by atoms with Crippen LogP contribution in [0.15, 0.2) is 46.3 Å². The summed E-state index contributed by atoms with van der Waals surface area (Å²) in [6.07, 6.45) is 2.56. The summed E-state index contributed by atoms with van der Waals surface area (Å²) in [5.74, 6) is 1.71. The first-order chi connectivity index (χ1) is 13.5. The molecule has 0 bridgehead atoms. The number of fused-ring (bicyclic) bond motifs is 1. The second-order valence-corrected chi connectivity index (χ2v) is 10.0. The van der Waals surface area contributed by atoms with E-state index >= 15 is 0 Å². The molecule has 0 radical (unpaired) electrons. The first kappa shape index (κ1) is 21.2. The van der Waals surface area contributed by atoms with Gasteiger partial charge < -0.3 is 4.57 Å². The van der Waals surface area contributed by atoms with Crippen molar-refractivity contribution in [2.24, 2.45) is 4.99 Å². The van der Waals surface area contributed by atoms with Crippen LogP contribution in [0.5, 0.6) is 0 Å². The maximum absolute atomic E-state index is 12.5. The smallest absolute Gasteiger partial charge is 0.249 e. The third-order valence-corrected chi connectivity index (χ3v) is 7.29. The summed E-state index contributed by atoms with van der Waals surface area (Å²) in [5, 5.41) is 0. The minimum absolute atomic E-state index is 0.0431. The van der Waals surface area contributed by atoms with Crippen molar-refractivity contribution >= 4 is 51.0 Å². The number of nitrogens with zero attached hydrogens (tertiary/aromatic N) is 2. The third-order valence-electron chi connectivity index (χ3n) is 4.46. The van der Waals surface area contributed by atoms with Crippen LogP contribution in [0.3, 0.4) is 0 Å². The molecule has 0 unspecified atom stereocenters. The number of thioether (sulfide) groups is 2. The van der Waals surface area contributed by atoms with E-state index in [0.717, 1.165) is 22.9 Å². The predicted molar refractivity (Wildman–Crippen MR) is 125 cm³/mol. The van der Waals surface area contributed by atoms with E-state index in [1.807, 2.05) is 11.8 Å². The molecule has 0 aliphatic carbocycles. The second kappa shape index (κ2) is 9.81. The Kier molecular flexibility index (Phi) is 7.43. The first-order valence-corrected chi connectivity index (χ1v) is 12.5. The fourth-order valence-electron chi connectivity index (χ4n) is 3.05. The van der Waals surface area contributed by atoms with Crippen LogP contribution in [0.2, 0.25) is 0 Å². The van der Waals surface area contributed by atoms with E-state index in [9.17, 15) is 4.79 Å². The molecule has 1 aromatic heterocycles. The number of hydrogen-bond donors (Lipinski definition) is 0. The van der Waals surface area contributed by atoms with Gasteiger partial charge in [-0.15, -0.1) is 11.8 Å². The lowest BCUT2D eigenvalue weighted by Crippen LogP contribution is -2.18. The Balaban J connectivity index is 1.80. The lowest BCUT2D eigenvalue weighted by molar-refractivity contribution is -0.117. The quantitative estimate of drug-likeness (QED) is 0.458. The normalized spacial score (nSPS) is 12.1. The Morgan fingerprint density at radius 1 is 1.07 bits per heavy atom. The van der Waals surface area contributed by atoms with Crippen molar-refractivity contribution in [1.82, 2.24) is 4.57 Å². The number of rotatable bonds is 7. The topological polar surface area (TPSA) is 34.4 Å². The molecular weight excluding hydrogens is 404 g/mol. The maximum atomic E-state index is 12.5. The number of benzene rings is 2. The van der Waals surface area contributed by atoms with Gasteiger partial charge in [0.05, 0.1) is 10.2 Å². The van der Waals surface area contributed by atoms with E-state index in [2.05, 4.69) is 73.0 Å². The van der Waals surface area contributed by atoms with Gasteiger partial charge in [0, 0.05) is 29.4 Å². The van der Waals surface area contributed by atoms with Gasteiger partial charge in [-0.2, -0.15) is 16.8 Å². The van der Waals surface area contributed by atoms with Crippen molar-refractivity contribution in [3.05, 3.63) is 57.9 Å². The summed E-state index contributed by atoms with van der Waals surface area (Å²) in [6.45, 7) is 7.20. The Labute approximate surface area is 179 Å². The molecule has 0 aliphatic heterocycles. The van der Waals surface area contributed by atoms with E-state index in [1.54, 1.807) is 23.1 Å². The molecule has 0 saturated carbocycles. The van der Waals surface area contributed by atoms with Crippen molar-refractivity contribution in [2.75, 3.05) is 17.8 Å². The number of carbonyl (C=O) groups excluding carboxylic acids is 1. The minimum atomic E-state index is -0.0431. The van der Waals surface area contributed by atoms with Gasteiger partial charge >= 0.3 is 0 Å². The zero-order valence-electron chi connectivity index (χ0n) is 16.8. The molecular formula is C22H26N2OS3. The zero-order chi connectivity index (χ0) is 20.1. The molecule has 6 heteroatoms. The van der Waals surface area contributed by atoms with Crippen LogP contribution < -0.4 is 4.80 Å². The average Bonchev–Trinajstić information content (AvgIpc) is 2.99. The van der Waals surface area contributed by atoms with Crippen LogP contribution in [0.4, 0.5) is 0 Å². The van der Waals surface area contributed by atoms with E-state index in [-0.39, 0.29) is 5.91 Å². The highest BCUT2D eigenvalue weighted by Crippen LogP contribution is 2.24. The summed E-state index contributed by atoms with van der Waals surface area (Å²) in [5.41, 5.74) is 4.94. The van der Waals surface area contributed by atoms with E-state index in [1.165, 1.54) is 31.8 Å². The number of thiazole rings is 1. The van der Waals surface area contributed by atoms with Gasteiger partial charge in [-0.05, 0) is 56.4 Å². The molecule has 28 heavy (non-hydrogen) atoms. The molecule has 1 amide bonds. The van der Waals surface area contributed by atoms with Crippen molar-refractivity contribution in [2.45, 2.75) is 38.6 Å². The fraction of sp³-hybridized carbons (Fsp3) is 0.364. The van der Waals surface area contributed by atoms with Crippen molar-refractivity contribution in [3.63, 3.8) is 0 Å². The van der Waals surface area contributed by atoms with Crippen LogP contribution in [-0.4, -0.2) is 28.2 Å². The van der Waals surface area contributed by atoms with Crippen molar-refractivity contribution in [3.8, 4) is 0 Å². The monoisotopic (exact) mass is 430 g/mol. The second-order valence-electron chi connectivity index (χ2n) is 6.88. The summed E-state index contributed by atoms with van der Waals surface area (Å²) >= 11 is 5.15. The van der Waals surface area contributed by atoms with Gasteiger partial charge in [0.1, 0.15) is 0 Å². The molecule has 3 nitrogen and oxygen atoms in total. The molecule has 3 aromatic rings. The Hall–Kier alpha value is -1.50. The number of aromatic nitrogens is 1. The highest BCUT2D eigenvalue weighted by Gasteiger charge is 2.10. The molecule has 2 aromatic carbocycles. The predicted octanol–water partition coefficient (Wildman–Crippen LogP) is 5.60.